The summed E-state index contributed by atoms with van der Waals surface area (Å²) in [6.45, 7) is 1.63. The number of aromatic carboxylic acids is 1. The van der Waals surface area contributed by atoms with Crippen LogP contribution in [0.5, 0.6) is 0 Å². The smallest absolute Gasteiger partial charge is 0.337 e. The van der Waals surface area contributed by atoms with Gasteiger partial charge in [0, 0.05) is 20.8 Å². The summed E-state index contributed by atoms with van der Waals surface area (Å²) in [7, 11) is 0. The highest BCUT2D eigenvalue weighted by Crippen LogP contribution is 2.37. The lowest BCUT2D eigenvalue weighted by Gasteiger charge is -2.15. The maximum Gasteiger partial charge on any atom is 0.337 e. The molecule has 0 saturated heterocycles. The zero-order valence-electron chi connectivity index (χ0n) is 10.7. The molecular formula is C14H9ClF2INO2. The summed E-state index contributed by atoms with van der Waals surface area (Å²) in [4.78, 5) is 11.1. The van der Waals surface area contributed by atoms with Crippen molar-refractivity contribution in [1.82, 2.24) is 0 Å². The van der Waals surface area contributed by atoms with E-state index >= 15 is 0 Å². The molecule has 0 aliphatic heterocycles. The van der Waals surface area contributed by atoms with Crippen molar-refractivity contribution >= 4 is 45.8 Å². The van der Waals surface area contributed by atoms with Crippen molar-refractivity contribution in [1.29, 1.82) is 0 Å². The average Bonchev–Trinajstić information content (AvgIpc) is 2.39. The number of anilines is 1. The molecule has 0 saturated carbocycles. The first kappa shape index (κ1) is 16.0. The maximum atomic E-state index is 14.0. The van der Waals surface area contributed by atoms with E-state index in [0.29, 0.717) is 20.8 Å². The Morgan fingerprint density at radius 1 is 1.29 bits per heavy atom. The van der Waals surface area contributed by atoms with Crippen LogP contribution in [-0.2, 0) is 0 Å². The van der Waals surface area contributed by atoms with Crippen molar-refractivity contribution < 1.29 is 18.7 Å². The molecule has 21 heavy (non-hydrogen) atoms. The van der Waals surface area contributed by atoms with Gasteiger partial charge in [0.2, 0.25) is 0 Å². The molecule has 2 aromatic rings. The van der Waals surface area contributed by atoms with Crippen LogP contribution in [0.4, 0.5) is 14.5 Å². The number of hydrogen-bond donors (Lipinski definition) is 2. The minimum absolute atomic E-state index is 0.0311. The zero-order chi connectivity index (χ0) is 15.9. The first-order valence-electron chi connectivity index (χ1n) is 5.70. The van der Waals surface area contributed by atoms with E-state index in [9.17, 15) is 13.6 Å². The minimum Gasteiger partial charge on any atom is -0.478 e. The molecule has 0 bridgehead atoms. The van der Waals surface area contributed by atoms with Gasteiger partial charge >= 0.3 is 5.97 Å². The Hall–Kier alpha value is -1.41. The third kappa shape index (κ3) is 2.82. The predicted octanol–water partition coefficient (Wildman–Crippen LogP) is 4.48. The number of carboxylic acids is 1. The quantitative estimate of drug-likeness (QED) is 0.425. The van der Waals surface area contributed by atoms with E-state index in [4.69, 9.17) is 22.4 Å². The SMILES string of the molecule is Cc1cc(C(=O)O)c(N)c(I)c1-c1cc(Cl)c(F)cc1F. The van der Waals surface area contributed by atoms with Crippen LogP contribution >= 0.6 is 34.2 Å². The van der Waals surface area contributed by atoms with Gasteiger partial charge in [0.1, 0.15) is 11.6 Å². The second kappa shape index (κ2) is 5.76. The van der Waals surface area contributed by atoms with Crippen LogP contribution < -0.4 is 5.73 Å². The van der Waals surface area contributed by atoms with E-state index in [2.05, 4.69) is 0 Å². The van der Waals surface area contributed by atoms with Crippen LogP contribution in [0.3, 0.4) is 0 Å². The number of carbonyl (C=O) groups is 1. The molecule has 0 aromatic heterocycles. The van der Waals surface area contributed by atoms with Gasteiger partial charge in [-0.3, -0.25) is 0 Å². The summed E-state index contributed by atoms with van der Waals surface area (Å²) in [5, 5.41) is 8.86. The fourth-order valence-electron chi connectivity index (χ4n) is 2.01. The highest BCUT2D eigenvalue weighted by Gasteiger charge is 2.20. The molecule has 0 atom stereocenters. The number of hydrogen-bond acceptors (Lipinski definition) is 2. The van der Waals surface area contributed by atoms with Crippen molar-refractivity contribution in [2.24, 2.45) is 0 Å². The van der Waals surface area contributed by atoms with Crippen LogP contribution in [0.2, 0.25) is 5.02 Å². The summed E-state index contributed by atoms with van der Waals surface area (Å²) >= 11 is 7.53. The predicted molar refractivity (Wildman–Crippen MR) is 85.6 cm³/mol. The second-order valence-corrected chi connectivity index (χ2v) is 5.88. The lowest BCUT2D eigenvalue weighted by molar-refractivity contribution is 0.0698. The van der Waals surface area contributed by atoms with Gasteiger partial charge in [-0.25, -0.2) is 13.6 Å². The van der Waals surface area contributed by atoms with Gasteiger partial charge in [-0.15, -0.1) is 0 Å². The van der Waals surface area contributed by atoms with Crippen LogP contribution in [0, 0.1) is 22.1 Å². The van der Waals surface area contributed by atoms with Crippen LogP contribution in [-0.4, -0.2) is 11.1 Å². The molecule has 0 spiro atoms. The van der Waals surface area contributed by atoms with Gasteiger partial charge in [-0.05, 0) is 47.2 Å². The summed E-state index contributed by atoms with van der Waals surface area (Å²) in [6, 6.07) is 3.21. The lowest BCUT2D eigenvalue weighted by atomic mass is 9.96. The molecule has 2 rings (SSSR count). The molecule has 3 nitrogen and oxygen atoms in total. The number of halogens is 4. The number of rotatable bonds is 2. The third-order valence-corrected chi connectivity index (χ3v) is 4.42. The summed E-state index contributed by atoms with van der Waals surface area (Å²) in [6.07, 6.45) is 0. The standard InChI is InChI=1S/C14H9ClF2INO2/c1-5-2-7(14(20)21)13(19)12(18)11(5)6-3-8(15)10(17)4-9(6)16/h2-4H,19H2,1H3,(H,20,21). The van der Waals surface area contributed by atoms with E-state index in [-0.39, 0.29) is 21.8 Å². The molecule has 110 valence electrons. The Balaban J connectivity index is 2.80. The molecule has 0 amide bonds. The van der Waals surface area contributed by atoms with E-state index in [1.165, 1.54) is 6.07 Å². The first-order valence-corrected chi connectivity index (χ1v) is 7.16. The number of carboxylic acid groups (broad SMARTS) is 1. The number of aryl methyl sites for hydroxylation is 1. The van der Waals surface area contributed by atoms with Crippen molar-refractivity contribution in [2.75, 3.05) is 5.73 Å². The van der Waals surface area contributed by atoms with Crippen LogP contribution in [0.1, 0.15) is 15.9 Å². The van der Waals surface area contributed by atoms with E-state index in [1.54, 1.807) is 6.92 Å². The van der Waals surface area contributed by atoms with Gasteiger partial charge < -0.3 is 10.8 Å². The van der Waals surface area contributed by atoms with Gasteiger partial charge in [-0.2, -0.15) is 0 Å². The third-order valence-electron chi connectivity index (χ3n) is 3.01. The zero-order valence-corrected chi connectivity index (χ0v) is 13.6. The van der Waals surface area contributed by atoms with Crippen LogP contribution in [0.25, 0.3) is 11.1 Å². The molecule has 3 N–H and O–H groups in total. The Morgan fingerprint density at radius 3 is 2.48 bits per heavy atom. The highest BCUT2D eigenvalue weighted by molar-refractivity contribution is 14.1. The number of nitrogen functional groups attached to an aromatic ring is 1. The second-order valence-electron chi connectivity index (χ2n) is 4.39. The largest absolute Gasteiger partial charge is 0.478 e. The topological polar surface area (TPSA) is 63.3 Å². The highest BCUT2D eigenvalue weighted by atomic mass is 127. The fraction of sp³-hybridized carbons (Fsp3) is 0.0714. The molecule has 7 heteroatoms. The first-order chi connectivity index (χ1) is 9.73. The summed E-state index contributed by atoms with van der Waals surface area (Å²) in [5.41, 5.74) is 6.74. The monoisotopic (exact) mass is 423 g/mol. The lowest BCUT2D eigenvalue weighted by Crippen LogP contribution is -2.07. The summed E-state index contributed by atoms with van der Waals surface area (Å²) < 4.78 is 27.6. The van der Waals surface area contributed by atoms with Crippen molar-refractivity contribution in [3.8, 4) is 11.1 Å². The van der Waals surface area contributed by atoms with Gasteiger partial charge in [0.05, 0.1) is 16.3 Å². The van der Waals surface area contributed by atoms with Crippen molar-refractivity contribution in [3.63, 3.8) is 0 Å². The molecule has 0 heterocycles. The normalized spacial score (nSPS) is 10.7. The van der Waals surface area contributed by atoms with E-state index in [0.717, 1.165) is 6.07 Å². The molecule has 0 aliphatic carbocycles. The molecule has 0 fully saturated rings. The van der Waals surface area contributed by atoms with E-state index in [1.807, 2.05) is 22.6 Å². The van der Waals surface area contributed by atoms with Gasteiger partial charge in [0.15, 0.2) is 0 Å². The van der Waals surface area contributed by atoms with Crippen LogP contribution in [0.15, 0.2) is 18.2 Å². The van der Waals surface area contributed by atoms with Gasteiger partial charge in [-0.1, -0.05) is 11.6 Å². The average molecular weight is 424 g/mol. The molecular weight excluding hydrogens is 415 g/mol. The van der Waals surface area contributed by atoms with Crippen molar-refractivity contribution in [3.05, 3.63) is 49.6 Å². The molecule has 2 aromatic carbocycles. The summed E-state index contributed by atoms with van der Waals surface area (Å²) in [5.74, 6) is -2.82. The Kier molecular flexibility index (Phi) is 4.38. The maximum absolute atomic E-state index is 14.0. The number of benzene rings is 2. The minimum atomic E-state index is -1.17. The fourth-order valence-corrected chi connectivity index (χ4v) is 3.18. The Bertz CT molecular complexity index is 765. The Morgan fingerprint density at radius 2 is 1.90 bits per heavy atom. The Labute approximate surface area is 137 Å². The molecule has 0 aliphatic rings. The van der Waals surface area contributed by atoms with Gasteiger partial charge in [0.25, 0.3) is 0 Å². The van der Waals surface area contributed by atoms with E-state index < -0.39 is 17.6 Å². The number of nitrogens with two attached hydrogens (primary N) is 1. The van der Waals surface area contributed by atoms with Crippen molar-refractivity contribution in [2.45, 2.75) is 6.92 Å². The molecule has 0 unspecified atom stereocenters. The molecule has 0 radical (unpaired) electrons.